The summed E-state index contributed by atoms with van der Waals surface area (Å²) in [6, 6.07) is 6.56. The van der Waals surface area contributed by atoms with Crippen molar-refractivity contribution >= 4 is 23.0 Å². The molecule has 0 bridgehead atoms. The van der Waals surface area contributed by atoms with Crippen LogP contribution in [0.3, 0.4) is 0 Å². The van der Waals surface area contributed by atoms with Gasteiger partial charge in [0.25, 0.3) is 0 Å². The van der Waals surface area contributed by atoms with Crippen LogP contribution in [0, 0.1) is 12.8 Å². The molecule has 1 saturated heterocycles. The summed E-state index contributed by atoms with van der Waals surface area (Å²) in [4.78, 5) is 22.7. The zero-order valence-corrected chi connectivity index (χ0v) is 15.9. The van der Waals surface area contributed by atoms with Gasteiger partial charge in [-0.3, -0.25) is 9.67 Å². The van der Waals surface area contributed by atoms with Gasteiger partial charge in [0.2, 0.25) is 0 Å². The average molecular weight is 377 g/mol. The molecule has 3 heterocycles. The van der Waals surface area contributed by atoms with Crippen molar-refractivity contribution < 1.29 is 9.53 Å². The fraction of sp³-hybridized carbons (Fsp3) is 0.429. The summed E-state index contributed by atoms with van der Waals surface area (Å²) in [5.74, 6) is 0.180. The van der Waals surface area contributed by atoms with E-state index in [9.17, 15) is 4.79 Å². The SMILES string of the molecule is Cc1nn(C2CC(C=O)C2)cc1-c1cnc2cc(N3CCOCC3)ccc2n1. The lowest BCUT2D eigenvalue weighted by atomic mass is 9.81. The van der Waals surface area contributed by atoms with Crippen LogP contribution < -0.4 is 4.90 Å². The number of hydrogen-bond acceptors (Lipinski definition) is 6. The predicted octanol–water partition coefficient (Wildman–Crippen LogP) is 2.79. The minimum Gasteiger partial charge on any atom is -0.378 e. The van der Waals surface area contributed by atoms with E-state index in [-0.39, 0.29) is 5.92 Å². The van der Waals surface area contributed by atoms with Crippen molar-refractivity contribution in [1.82, 2.24) is 19.7 Å². The number of carbonyl (C=O) groups is 1. The van der Waals surface area contributed by atoms with Gasteiger partial charge < -0.3 is 14.4 Å². The highest BCUT2D eigenvalue weighted by molar-refractivity contribution is 5.81. The molecule has 7 heteroatoms. The van der Waals surface area contributed by atoms with Crippen LogP contribution in [0.25, 0.3) is 22.3 Å². The van der Waals surface area contributed by atoms with Crippen LogP contribution in [0.2, 0.25) is 0 Å². The number of carbonyl (C=O) groups excluding carboxylic acids is 1. The Labute approximate surface area is 163 Å². The third-order valence-corrected chi connectivity index (χ3v) is 5.81. The largest absolute Gasteiger partial charge is 0.378 e. The van der Waals surface area contributed by atoms with Gasteiger partial charge in [-0.25, -0.2) is 4.98 Å². The van der Waals surface area contributed by atoms with Crippen molar-refractivity contribution in [2.24, 2.45) is 5.92 Å². The second kappa shape index (κ2) is 6.98. The summed E-state index contributed by atoms with van der Waals surface area (Å²) in [6.45, 7) is 5.33. The Morgan fingerprint density at radius 1 is 1.18 bits per heavy atom. The molecule has 2 aromatic heterocycles. The summed E-state index contributed by atoms with van der Waals surface area (Å²) < 4.78 is 7.42. The van der Waals surface area contributed by atoms with Gasteiger partial charge in [-0.2, -0.15) is 5.10 Å². The molecule has 0 spiro atoms. The smallest absolute Gasteiger partial charge is 0.123 e. The Kier molecular flexibility index (Phi) is 4.31. The van der Waals surface area contributed by atoms with E-state index in [1.54, 1.807) is 0 Å². The molecule has 2 fully saturated rings. The Bertz CT molecular complexity index is 1020. The molecule has 144 valence electrons. The van der Waals surface area contributed by atoms with E-state index in [2.05, 4.69) is 27.1 Å². The van der Waals surface area contributed by atoms with Crippen molar-refractivity contribution in [3.8, 4) is 11.3 Å². The molecular weight excluding hydrogens is 354 g/mol. The second-order valence-corrected chi connectivity index (χ2v) is 7.66. The lowest BCUT2D eigenvalue weighted by Gasteiger charge is -2.31. The van der Waals surface area contributed by atoms with Crippen molar-refractivity contribution in [3.05, 3.63) is 36.3 Å². The Hall–Kier alpha value is -2.80. The van der Waals surface area contributed by atoms with Crippen molar-refractivity contribution in [3.63, 3.8) is 0 Å². The summed E-state index contributed by atoms with van der Waals surface area (Å²) in [5, 5.41) is 4.65. The van der Waals surface area contributed by atoms with Gasteiger partial charge in [0.05, 0.1) is 47.9 Å². The van der Waals surface area contributed by atoms with Gasteiger partial charge in [-0.15, -0.1) is 0 Å². The number of nitrogens with zero attached hydrogens (tertiary/aromatic N) is 5. The highest BCUT2D eigenvalue weighted by Gasteiger charge is 2.31. The number of aldehydes is 1. The first kappa shape index (κ1) is 17.3. The highest BCUT2D eigenvalue weighted by Crippen LogP contribution is 2.37. The number of anilines is 1. The normalized spacial score (nSPS) is 22.2. The number of morpholine rings is 1. The maximum atomic E-state index is 10.8. The summed E-state index contributed by atoms with van der Waals surface area (Å²) in [6.07, 6.45) is 6.66. The molecule has 0 amide bonds. The van der Waals surface area contributed by atoms with Crippen molar-refractivity contribution in [1.29, 1.82) is 0 Å². The first-order valence-corrected chi connectivity index (χ1v) is 9.82. The third-order valence-electron chi connectivity index (χ3n) is 5.81. The van der Waals surface area contributed by atoms with Crippen LogP contribution >= 0.6 is 0 Å². The number of fused-ring (bicyclic) bond motifs is 1. The monoisotopic (exact) mass is 377 g/mol. The van der Waals surface area contributed by atoms with E-state index in [0.29, 0.717) is 6.04 Å². The van der Waals surface area contributed by atoms with Crippen molar-refractivity contribution in [2.45, 2.75) is 25.8 Å². The van der Waals surface area contributed by atoms with Crippen molar-refractivity contribution in [2.75, 3.05) is 31.2 Å². The Balaban J connectivity index is 1.42. The van der Waals surface area contributed by atoms with Crippen LogP contribution in [0.4, 0.5) is 5.69 Å². The van der Waals surface area contributed by atoms with Gasteiger partial charge in [0.1, 0.15) is 6.29 Å². The van der Waals surface area contributed by atoms with Crippen LogP contribution in [-0.2, 0) is 9.53 Å². The molecule has 28 heavy (non-hydrogen) atoms. The molecule has 1 aromatic carbocycles. The lowest BCUT2D eigenvalue weighted by molar-refractivity contribution is -0.114. The van der Waals surface area contributed by atoms with E-state index in [1.165, 1.54) is 0 Å². The zero-order chi connectivity index (χ0) is 19.1. The third kappa shape index (κ3) is 3.05. The second-order valence-electron chi connectivity index (χ2n) is 7.66. The Morgan fingerprint density at radius 3 is 2.79 bits per heavy atom. The first-order chi connectivity index (χ1) is 13.7. The maximum Gasteiger partial charge on any atom is 0.123 e. The molecule has 1 aliphatic heterocycles. The predicted molar refractivity (Wildman–Crippen MR) is 106 cm³/mol. The number of benzene rings is 1. The number of hydrogen-bond donors (Lipinski definition) is 0. The van der Waals surface area contributed by atoms with Gasteiger partial charge >= 0.3 is 0 Å². The van der Waals surface area contributed by atoms with E-state index in [1.807, 2.05) is 30.1 Å². The molecule has 5 rings (SSSR count). The van der Waals surface area contributed by atoms with Crippen LogP contribution in [0.5, 0.6) is 0 Å². The molecule has 2 aliphatic rings. The molecule has 0 N–H and O–H groups in total. The van der Waals surface area contributed by atoms with Gasteiger partial charge in [-0.05, 0) is 38.0 Å². The molecule has 7 nitrogen and oxygen atoms in total. The van der Waals surface area contributed by atoms with E-state index in [4.69, 9.17) is 9.72 Å². The fourth-order valence-electron chi connectivity index (χ4n) is 4.02. The molecule has 3 aromatic rings. The maximum absolute atomic E-state index is 10.8. The molecule has 1 aliphatic carbocycles. The number of ether oxygens (including phenoxy) is 1. The lowest BCUT2D eigenvalue weighted by Crippen LogP contribution is -2.36. The van der Waals surface area contributed by atoms with Gasteiger partial charge in [0, 0.05) is 36.5 Å². The standard InChI is InChI=1S/C21H23N5O2/c1-14-18(12-26(24-14)17-8-15(9-17)13-27)21-11-22-20-10-16(2-3-19(20)23-21)25-4-6-28-7-5-25/h2-3,10-13,15,17H,4-9H2,1H3. The quantitative estimate of drug-likeness (QED) is 0.651. The minimum atomic E-state index is 0.180. The molecule has 1 saturated carbocycles. The van der Waals surface area contributed by atoms with E-state index < -0.39 is 0 Å². The van der Waals surface area contributed by atoms with E-state index in [0.717, 1.165) is 79.1 Å². The number of rotatable bonds is 4. The fourth-order valence-corrected chi connectivity index (χ4v) is 4.02. The van der Waals surface area contributed by atoms with Crippen LogP contribution in [0.15, 0.2) is 30.6 Å². The number of aryl methyl sites for hydroxylation is 1. The van der Waals surface area contributed by atoms with Crippen LogP contribution in [-0.4, -0.2) is 52.3 Å². The van der Waals surface area contributed by atoms with Gasteiger partial charge in [-0.1, -0.05) is 0 Å². The Morgan fingerprint density at radius 2 is 2.00 bits per heavy atom. The highest BCUT2D eigenvalue weighted by atomic mass is 16.5. The van der Waals surface area contributed by atoms with Gasteiger partial charge in [0.15, 0.2) is 0 Å². The van der Waals surface area contributed by atoms with E-state index >= 15 is 0 Å². The first-order valence-electron chi connectivity index (χ1n) is 9.82. The summed E-state index contributed by atoms with van der Waals surface area (Å²) >= 11 is 0. The topological polar surface area (TPSA) is 73.1 Å². The molecule has 0 radical (unpaired) electrons. The molecule has 0 unspecified atom stereocenters. The number of aromatic nitrogens is 4. The zero-order valence-electron chi connectivity index (χ0n) is 15.9. The minimum absolute atomic E-state index is 0.180. The molecular formula is C21H23N5O2. The average Bonchev–Trinajstić information content (AvgIpc) is 3.08. The molecule has 0 atom stereocenters. The summed E-state index contributed by atoms with van der Waals surface area (Å²) in [7, 11) is 0. The van der Waals surface area contributed by atoms with Crippen LogP contribution in [0.1, 0.15) is 24.6 Å². The summed E-state index contributed by atoms with van der Waals surface area (Å²) in [5.41, 5.74) is 5.71.